The zero-order chi connectivity index (χ0) is 17.1. The average Bonchev–Trinajstić information content (AvgIpc) is 2.89. The van der Waals surface area contributed by atoms with E-state index in [9.17, 15) is 14.7 Å². The normalized spacial score (nSPS) is 23.7. The first kappa shape index (κ1) is 16.8. The summed E-state index contributed by atoms with van der Waals surface area (Å²) in [5, 5.41) is 16.0. The van der Waals surface area contributed by atoms with Crippen molar-refractivity contribution in [1.82, 2.24) is 15.5 Å². The Labute approximate surface area is 142 Å². The van der Waals surface area contributed by atoms with Gasteiger partial charge in [0.15, 0.2) is 0 Å². The van der Waals surface area contributed by atoms with Crippen molar-refractivity contribution in [2.24, 2.45) is 5.92 Å². The van der Waals surface area contributed by atoms with Gasteiger partial charge in [0.2, 0.25) is 5.91 Å². The Morgan fingerprint density at radius 1 is 1.25 bits per heavy atom. The average molecular weight is 331 g/mol. The Hall–Kier alpha value is -2.08. The molecule has 2 aliphatic rings. The molecule has 1 fully saturated rings. The molecular formula is C18H25N3O3. The Bertz CT molecular complexity index is 611. The van der Waals surface area contributed by atoms with Gasteiger partial charge < -0.3 is 20.6 Å². The molecule has 3 rings (SSSR count). The molecule has 1 aromatic carbocycles. The Morgan fingerprint density at radius 3 is 2.67 bits per heavy atom. The molecule has 0 spiro atoms. The third-order valence-electron chi connectivity index (χ3n) is 5.10. The number of nitrogens with one attached hydrogen (secondary N) is 2. The molecule has 24 heavy (non-hydrogen) atoms. The van der Waals surface area contributed by atoms with E-state index in [1.165, 1.54) is 0 Å². The standard InChI is InChI=1S/C18H25N3O3/c1-12(22)21-8-6-13(7-9-21)11-19-18(24)20-17-15-5-3-2-4-14(15)10-16(17)23/h2-5,13,16-17,23H,6-11H2,1H3,(H2,19,20,24)/t16-,17+/m0/s1. The molecule has 0 saturated carbocycles. The number of rotatable bonds is 3. The number of likely N-dealkylation sites (tertiary alicyclic amines) is 1. The van der Waals surface area contributed by atoms with Crippen LogP contribution in [0, 0.1) is 5.92 Å². The fraction of sp³-hybridized carbons (Fsp3) is 0.556. The van der Waals surface area contributed by atoms with E-state index in [-0.39, 0.29) is 18.0 Å². The first-order chi connectivity index (χ1) is 11.5. The molecule has 1 aliphatic heterocycles. The maximum Gasteiger partial charge on any atom is 0.315 e. The number of benzene rings is 1. The third-order valence-corrected chi connectivity index (χ3v) is 5.10. The van der Waals surface area contributed by atoms with Crippen molar-refractivity contribution in [2.75, 3.05) is 19.6 Å². The van der Waals surface area contributed by atoms with Crippen LogP contribution < -0.4 is 10.6 Å². The third kappa shape index (κ3) is 3.70. The zero-order valence-electron chi connectivity index (χ0n) is 14.0. The lowest BCUT2D eigenvalue weighted by molar-refractivity contribution is -0.130. The van der Waals surface area contributed by atoms with Gasteiger partial charge in [-0.2, -0.15) is 0 Å². The first-order valence-electron chi connectivity index (χ1n) is 8.60. The highest BCUT2D eigenvalue weighted by atomic mass is 16.3. The van der Waals surface area contributed by atoms with Crippen molar-refractivity contribution < 1.29 is 14.7 Å². The molecule has 130 valence electrons. The fourth-order valence-corrected chi connectivity index (χ4v) is 3.63. The highest BCUT2D eigenvalue weighted by Gasteiger charge is 2.32. The second-order valence-corrected chi connectivity index (χ2v) is 6.75. The summed E-state index contributed by atoms with van der Waals surface area (Å²) in [4.78, 5) is 25.3. The Morgan fingerprint density at radius 2 is 1.96 bits per heavy atom. The van der Waals surface area contributed by atoms with Gasteiger partial charge in [-0.25, -0.2) is 4.79 Å². The lowest BCUT2D eigenvalue weighted by atomic mass is 9.97. The van der Waals surface area contributed by atoms with Crippen molar-refractivity contribution >= 4 is 11.9 Å². The molecule has 1 heterocycles. The number of carbonyl (C=O) groups is 2. The summed E-state index contributed by atoms with van der Waals surface area (Å²) in [6.45, 7) is 3.72. The van der Waals surface area contributed by atoms with Crippen LogP contribution in [0.3, 0.4) is 0 Å². The molecule has 1 aromatic rings. The molecule has 2 atom stereocenters. The largest absolute Gasteiger partial charge is 0.390 e. The number of carbonyl (C=O) groups excluding carboxylic acids is 2. The zero-order valence-corrected chi connectivity index (χ0v) is 14.0. The summed E-state index contributed by atoms with van der Waals surface area (Å²) in [7, 11) is 0. The number of amides is 3. The van der Waals surface area contributed by atoms with Gasteiger partial charge in [0, 0.05) is 33.0 Å². The molecule has 1 aliphatic carbocycles. The number of aliphatic hydroxyl groups excluding tert-OH is 1. The summed E-state index contributed by atoms with van der Waals surface area (Å²) in [5.41, 5.74) is 2.09. The minimum Gasteiger partial charge on any atom is -0.390 e. The number of nitrogens with zero attached hydrogens (tertiary/aromatic N) is 1. The topological polar surface area (TPSA) is 81.7 Å². The fourth-order valence-electron chi connectivity index (χ4n) is 3.63. The first-order valence-corrected chi connectivity index (χ1v) is 8.60. The number of aliphatic hydroxyl groups is 1. The highest BCUT2D eigenvalue weighted by Crippen LogP contribution is 2.31. The van der Waals surface area contributed by atoms with E-state index >= 15 is 0 Å². The van der Waals surface area contributed by atoms with Crippen LogP contribution in [0.2, 0.25) is 0 Å². The summed E-state index contributed by atoms with van der Waals surface area (Å²) in [5.74, 6) is 0.514. The summed E-state index contributed by atoms with van der Waals surface area (Å²) >= 11 is 0. The lowest BCUT2D eigenvalue weighted by Crippen LogP contribution is -2.45. The Kier molecular flexibility index (Phi) is 5.04. The Balaban J connectivity index is 1.46. The number of hydrogen-bond donors (Lipinski definition) is 3. The maximum atomic E-state index is 12.2. The number of hydrogen-bond acceptors (Lipinski definition) is 3. The van der Waals surface area contributed by atoms with Gasteiger partial charge in [0.25, 0.3) is 0 Å². The minimum atomic E-state index is -0.577. The molecule has 3 N–H and O–H groups in total. The predicted molar refractivity (Wildman–Crippen MR) is 90.4 cm³/mol. The van der Waals surface area contributed by atoms with Crippen molar-refractivity contribution in [1.29, 1.82) is 0 Å². The van der Waals surface area contributed by atoms with Crippen LogP contribution >= 0.6 is 0 Å². The molecule has 3 amide bonds. The van der Waals surface area contributed by atoms with Crippen molar-refractivity contribution in [3.05, 3.63) is 35.4 Å². The summed E-state index contributed by atoms with van der Waals surface area (Å²) in [6.07, 6.45) is 1.82. The van der Waals surface area contributed by atoms with Gasteiger partial charge in [-0.1, -0.05) is 24.3 Å². The van der Waals surface area contributed by atoms with Gasteiger partial charge in [0.1, 0.15) is 0 Å². The number of fused-ring (bicyclic) bond motifs is 1. The van der Waals surface area contributed by atoms with E-state index in [0.717, 1.165) is 37.1 Å². The van der Waals surface area contributed by atoms with Gasteiger partial charge in [-0.3, -0.25) is 4.79 Å². The molecule has 1 saturated heterocycles. The van der Waals surface area contributed by atoms with E-state index in [1.54, 1.807) is 6.92 Å². The minimum absolute atomic E-state index is 0.119. The van der Waals surface area contributed by atoms with Crippen LogP contribution in [-0.2, 0) is 11.2 Å². The van der Waals surface area contributed by atoms with Crippen molar-refractivity contribution in [2.45, 2.75) is 38.3 Å². The SMILES string of the molecule is CC(=O)N1CCC(CNC(=O)N[C@@H]2c3ccccc3C[C@@H]2O)CC1. The maximum absolute atomic E-state index is 12.2. The molecule has 6 nitrogen and oxygen atoms in total. The van der Waals surface area contributed by atoms with Crippen LogP contribution in [0.1, 0.15) is 36.9 Å². The van der Waals surface area contributed by atoms with Gasteiger partial charge in [-0.05, 0) is 29.9 Å². The van der Waals surface area contributed by atoms with Crippen LogP contribution in [0.4, 0.5) is 4.79 Å². The van der Waals surface area contributed by atoms with E-state index in [2.05, 4.69) is 10.6 Å². The second-order valence-electron chi connectivity index (χ2n) is 6.75. The van der Waals surface area contributed by atoms with Crippen LogP contribution in [0.15, 0.2) is 24.3 Å². The molecule has 0 aromatic heterocycles. The van der Waals surface area contributed by atoms with E-state index in [0.29, 0.717) is 18.9 Å². The molecular weight excluding hydrogens is 306 g/mol. The molecule has 0 radical (unpaired) electrons. The second kappa shape index (κ2) is 7.21. The summed E-state index contributed by atoms with van der Waals surface area (Å²) in [6, 6.07) is 7.22. The van der Waals surface area contributed by atoms with E-state index in [4.69, 9.17) is 0 Å². The van der Waals surface area contributed by atoms with Crippen LogP contribution in [0.25, 0.3) is 0 Å². The molecule has 6 heteroatoms. The van der Waals surface area contributed by atoms with E-state index in [1.807, 2.05) is 29.2 Å². The van der Waals surface area contributed by atoms with E-state index < -0.39 is 6.10 Å². The predicted octanol–water partition coefficient (Wildman–Crippen LogP) is 1.20. The van der Waals surface area contributed by atoms with Crippen LogP contribution in [-0.4, -0.2) is 47.7 Å². The van der Waals surface area contributed by atoms with Gasteiger partial charge in [-0.15, -0.1) is 0 Å². The van der Waals surface area contributed by atoms with Crippen LogP contribution in [0.5, 0.6) is 0 Å². The summed E-state index contributed by atoms with van der Waals surface area (Å²) < 4.78 is 0. The number of piperidine rings is 1. The molecule has 0 bridgehead atoms. The highest BCUT2D eigenvalue weighted by molar-refractivity contribution is 5.75. The van der Waals surface area contributed by atoms with Crippen molar-refractivity contribution in [3.8, 4) is 0 Å². The smallest absolute Gasteiger partial charge is 0.315 e. The lowest BCUT2D eigenvalue weighted by Gasteiger charge is -2.31. The van der Waals surface area contributed by atoms with Gasteiger partial charge in [0.05, 0.1) is 12.1 Å². The van der Waals surface area contributed by atoms with Crippen molar-refractivity contribution in [3.63, 3.8) is 0 Å². The van der Waals surface area contributed by atoms with Gasteiger partial charge >= 0.3 is 6.03 Å². The number of urea groups is 1. The monoisotopic (exact) mass is 331 g/mol. The molecule has 0 unspecified atom stereocenters. The quantitative estimate of drug-likeness (QED) is 0.778.